The van der Waals surface area contributed by atoms with E-state index in [0.29, 0.717) is 18.5 Å². The van der Waals surface area contributed by atoms with E-state index >= 15 is 0 Å². The lowest BCUT2D eigenvalue weighted by molar-refractivity contribution is -0.116. The Morgan fingerprint density at radius 2 is 2.24 bits per heavy atom. The van der Waals surface area contributed by atoms with Crippen LogP contribution in [0.15, 0.2) is 18.3 Å². The van der Waals surface area contributed by atoms with Crippen molar-refractivity contribution in [3.8, 4) is 0 Å². The van der Waals surface area contributed by atoms with E-state index in [4.69, 9.17) is 5.73 Å². The molecule has 1 aromatic rings. The van der Waals surface area contributed by atoms with Crippen molar-refractivity contribution in [2.45, 2.75) is 25.8 Å². The Kier molecular flexibility index (Phi) is 4.90. The molecule has 1 rings (SSSR count). The smallest absolute Gasteiger partial charge is 0.224 e. The highest BCUT2D eigenvalue weighted by molar-refractivity contribution is 5.90. The van der Waals surface area contributed by atoms with E-state index < -0.39 is 0 Å². The zero-order chi connectivity index (χ0) is 12.8. The van der Waals surface area contributed by atoms with E-state index in [9.17, 15) is 4.79 Å². The van der Waals surface area contributed by atoms with Crippen molar-refractivity contribution >= 4 is 17.4 Å². The van der Waals surface area contributed by atoms with E-state index in [1.165, 1.54) is 0 Å². The van der Waals surface area contributed by atoms with E-state index in [1.807, 2.05) is 38.1 Å². The predicted octanol–water partition coefficient (Wildman–Crippen LogP) is 1.21. The van der Waals surface area contributed by atoms with Crippen molar-refractivity contribution in [3.05, 3.63) is 18.3 Å². The summed E-state index contributed by atoms with van der Waals surface area (Å²) in [5.74, 6) is 0.834. The maximum atomic E-state index is 11.5. The molecule has 0 radical (unpaired) electrons. The zero-order valence-corrected chi connectivity index (χ0v) is 10.6. The van der Waals surface area contributed by atoms with Gasteiger partial charge in [0.15, 0.2) is 0 Å². The van der Waals surface area contributed by atoms with Crippen molar-refractivity contribution in [2.75, 3.05) is 24.3 Å². The maximum absolute atomic E-state index is 11.5. The summed E-state index contributed by atoms with van der Waals surface area (Å²) in [7, 11) is 3.84. The second-order valence-electron chi connectivity index (χ2n) is 4.36. The van der Waals surface area contributed by atoms with Crippen LogP contribution in [0.1, 0.15) is 19.8 Å². The molecule has 3 N–H and O–H groups in total. The Hall–Kier alpha value is -1.62. The summed E-state index contributed by atoms with van der Waals surface area (Å²) < 4.78 is 0. The van der Waals surface area contributed by atoms with Gasteiger partial charge in [-0.1, -0.05) is 0 Å². The van der Waals surface area contributed by atoms with Gasteiger partial charge in [0.05, 0.1) is 11.9 Å². The van der Waals surface area contributed by atoms with Gasteiger partial charge in [0.25, 0.3) is 0 Å². The summed E-state index contributed by atoms with van der Waals surface area (Å²) in [6.45, 7) is 1.89. The van der Waals surface area contributed by atoms with Crippen LogP contribution in [-0.4, -0.2) is 31.0 Å². The van der Waals surface area contributed by atoms with Gasteiger partial charge in [0.2, 0.25) is 5.91 Å². The summed E-state index contributed by atoms with van der Waals surface area (Å²) in [4.78, 5) is 17.6. The highest BCUT2D eigenvalue weighted by atomic mass is 16.1. The van der Waals surface area contributed by atoms with Gasteiger partial charge in [-0.05, 0) is 25.5 Å². The first kappa shape index (κ1) is 13.4. The van der Waals surface area contributed by atoms with Gasteiger partial charge in [-0.3, -0.25) is 4.79 Å². The molecule has 5 heteroatoms. The van der Waals surface area contributed by atoms with Gasteiger partial charge < -0.3 is 16.0 Å². The molecule has 0 bridgehead atoms. The van der Waals surface area contributed by atoms with Crippen molar-refractivity contribution in [2.24, 2.45) is 5.73 Å². The van der Waals surface area contributed by atoms with Gasteiger partial charge in [0, 0.05) is 26.6 Å². The predicted molar refractivity (Wildman–Crippen MR) is 70.1 cm³/mol. The average molecular weight is 236 g/mol. The fourth-order valence-electron chi connectivity index (χ4n) is 1.31. The number of carbonyl (C=O) groups excluding carboxylic acids is 1. The normalized spacial score (nSPS) is 12.0. The molecule has 0 saturated carbocycles. The summed E-state index contributed by atoms with van der Waals surface area (Å²) in [6, 6.07) is 3.75. The Morgan fingerprint density at radius 3 is 2.71 bits per heavy atom. The molecule has 0 saturated heterocycles. The number of aromatic nitrogens is 1. The molecule has 0 spiro atoms. The van der Waals surface area contributed by atoms with E-state index in [1.54, 1.807) is 6.20 Å². The molecule has 5 nitrogen and oxygen atoms in total. The molecule has 17 heavy (non-hydrogen) atoms. The van der Waals surface area contributed by atoms with Crippen LogP contribution in [0.3, 0.4) is 0 Å². The molecule has 94 valence electrons. The molecular formula is C12H20N4O. The highest BCUT2D eigenvalue weighted by Gasteiger charge is 2.04. The number of nitrogens with zero attached hydrogens (tertiary/aromatic N) is 2. The summed E-state index contributed by atoms with van der Waals surface area (Å²) >= 11 is 0. The number of nitrogens with one attached hydrogen (secondary N) is 1. The standard InChI is InChI=1S/C12H20N4O/c1-9(13)4-7-12(17)15-10-5-6-11(14-8-10)16(2)3/h5-6,8-9H,4,7,13H2,1-3H3,(H,15,17). The molecule has 1 aromatic heterocycles. The molecule has 0 aliphatic carbocycles. The number of amides is 1. The molecule has 0 fully saturated rings. The first-order valence-corrected chi connectivity index (χ1v) is 5.68. The van der Waals surface area contributed by atoms with Crippen LogP contribution in [-0.2, 0) is 4.79 Å². The largest absolute Gasteiger partial charge is 0.363 e. The summed E-state index contributed by atoms with van der Waals surface area (Å²) in [5, 5.41) is 2.79. The quantitative estimate of drug-likeness (QED) is 0.806. The van der Waals surface area contributed by atoms with Crippen LogP contribution in [0.25, 0.3) is 0 Å². The number of rotatable bonds is 5. The molecule has 0 aliphatic rings. The number of hydrogen-bond acceptors (Lipinski definition) is 4. The van der Waals surface area contributed by atoms with Crippen LogP contribution < -0.4 is 16.0 Å². The van der Waals surface area contributed by atoms with Crippen molar-refractivity contribution in [1.82, 2.24) is 4.98 Å². The second kappa shape index (κ2) is 6.20. The van der Waals surface area contributed by atoms with Gasteiger partial charge >= 0.3 is 0 Å². The SMILES string of the molecule is CC(N)CCC(=O)Nc1ccc(N(C)C)nc1. The molecule has 1 amide bonds. The third-order valence-electron chi connectivity index (χ3n) is 2.32. The van der Waals surface area contributed by atoms with Gasteiger partial charge in [-0.2, -0.15) is 0 Å². The van der Waals surface area contributed by atoms with Gasteiger partial charge in [0.1, 0.15) is 5.82 Å². The molecular weight excluding hydrogens is 216 g/mol. The van der Waals surface area contributed by atoms with Crippen LogP contribution >= 0.6 is 0 Å². The molecule has 1 atom stereocenters. The van der Waals surface area contributed by atoms with E-state index in [2.05, 4.69) is 10.3 Å². The third kappa shape index (κ3) is 4.82. The highest BCUT2D eigenvalue weighted by Crippen LogP contribution is 2.12. The number of nitrogens with two attached hydrogens (primary N) is 1. The Bertz CT molecular complexity index is 359. The minimum atomic E-state index is -0.0262. The molecule has 0 aliphatic heterocycles. The van der Waals surface area contributed by atoms with Gasteiger partial charge in [-0.15, -0.1) is 0 Å². The lowest BCUT2D eigenvalue weighted by Gasteiger charge is -2.11. The van der Waals surface area contributed by atoms with E-state index in [-0.39, 0.29) is 11.9 Å². The van der Waals surface area contributed by atoms with Crippen LogP contribution in [0.4, 0.5) is 11.5 Å². The summed E-state index contributed by atoms with van der Waals surface area (Å²) in [5.41, 5.74) is 6.30. The minimum Gasteiger partial charge on any atom is -0.363 e. The van der Waals surface area contributed by atoms with Crippen LogP contribution in [0.5, 0.6) is 0 Å². The van der Waals surface area contributed by atoms with E-state index in [0.717, 1.165) is 5.82 Å². The first-order valence-electron chi connectivity index (χ1n) is 5.68. The zero-order valence-electron chi connectivity index (χ0n) is 10.6. The number of hydrogen-bond donors (Lipinski definition) is 2. The minimum absolute atomic E-state index is 0.0262. The molecule has 1 unspecified atom stereocenters. The topological polar surface area (TPSA) is 71.2 Å². The Balaban J connectivity index is 2.48. The maximum Gasteiger partial charge on any atom is 0.224 e. The van der Waals surface area contributed by atoms with Crippen molar-refractivity contribution < 1.29 is 4.79 Å². The Labute approximate surface area is 102 Å². The van der Waals surface area contributed by atoms with Crippen molar-refractivity contribution in [3.63, 3.8) is 0 Å². The fraction of sp³-hybridized carbons (Fsp3) is 0.500. The fourth-order valence-corrected chi connectivity index (χ4v) is 1.31. The molecule has 0 aromatic carbocycles. The van der Waals surface area contributed by atoms with Crippen molar-refractivity contribution in [1.29, 1.82) is 0 Å². The molecule has 1 heterocycles. The monoisotopic (exact) mass is 236 g/mol. The van der Waals surface area contributed by atoms with Gasteiger partial charge in [-0.25, -0.2) is 4.98 Å². The number of anilines is 2. The Morgan fingerprint density at radius 1 is 1.53 bits per heavy atom. The van der Waals surface area contributed by atoms with Crippen LogP contribution in [0, 0.1) is 0 Å². The first-order chi connectivity index (χ1) is 7.99. The third-order valence-corrected chi connectivity index (χ3v) is 2.32. The number of carbonyl (C=O) groups is 1. The second-order valence-corrected chi connectivity index (χ2v) is 4.36. The number of pyridine rings is 1. The van der Waals surface area contributed by atoms with Crippen LogP contribution in [0.2, 0.25) is 0 Å². The summed E-state index contributed by atoms with van der Waals surface area (Å²) in [6.07, 6.45) is 2.78. The lowest BCUT2D eigenvalue weighted by Crippen LogP contribution is -2.19. The lowest BCUT2D eigenvalue weighted by atomic mass is 10.2. The average Bonchev–Trinajstić information content (AvgIpc) is 2.27.